The fraction of sp³-hybridized carbons (Fsp3) is 0.417. The Kier molecular flexibility index (Phi) is 4.96. The van der Waals surface area contributed by atoms with E-state index in [0.29, 0.717) is 6.54 Å². The Hall–Kier alpha value is -0.870. The first kappa shape index (κ1) is 13.2. The molecule has 0 amide bonds. The van der Waals surface area contributed by atoms with Crippen LogP contribution in [-0.2, 0) is 4.79 Å². The zero-order valence-corrected chi connectivity index (χ0v) is 10.6. The predicted octanol–water partition coefficient (Wildman–Crippen LogP) is 3.13. The summed E-state index contributed by atoms with van der Waals surface area (Å²) in [5, 5.41) is 0. The van der Waals surface area contributed by atoms with Gasteiger partial charge in [-0.15, -0.1) is 0 Å². The van der Waals surface area contributed by atoms with Crippen LogP contribution >= 0.6 is 11.9 Å². The van der Waals surface area contributed by atoms with Crippen molar-refractivity contribution in [2.75, 3.05) is 6.54 Å². The zero-order valence-electron chi connectivity index (χ0n) is 9.74. The highest BCUT2D eigenvalue weighted by Gasteiger charge is 2.13. The summed E-state index contributed by atoms with van der Waals surface area (Å²) >= 11 is 1.48. The molecule has 4 heteroatoms. The average molecular weight is 241 g/mol. The Bertz CT molecular complexity index is 351. The van der Waals surface area contributed by atoms with Gasteiger partial charge in [-0.05, 0) is 57.0 Å². The molecular weight excluding hydrogens is 225 g/mol. The maximum absolute atomic E-state index is 12.7. The van der Waals surface area contributed by atoms with Gasteiger partial charge in [-0.1, -0.05) is 0 Å². The van der Waals surface area contributed by atoms with Crippen LogP contribution in [0.1, 0.15) is 20.8 Å². The minimum atomic E-state index is -0.244. The number of benzene rings is 1. The number of carbonyl (C=O) groups is 1. The van der Waals surface area contributed by atoms with Crippen molar-refractivity contribution in [3.63, 3.8) is 0 Å². The molecule has 0 unspecified atom stereocenters. The Balaban J connectivity index is 2.67. The van der Waals surface area contributed by atoms with Crippen molar-refractivity contribution in [2.45, 2.75) is 31.7 Å². The first-order valence-corrected chi connectivity index (χ1v) is 5.96. The Morgan fingerprint density at radius 3 is 2.38 bits per heavy atom. The first-order chi connectivity index (χ1) is 7.49. The third-order valence-corrected chi connectivity index (χ3v) is 3.26. The van der Waals surface area contributed by atoms with Gasteiger partial charge in [0.1, 0.15) is 11.6 Å². The van der Waals surface area contributed by atoms with Crippen molar-refractivity contribution >= 4 is 17.7 Å². The van der Waals surface area contributed by atoms with E-state index >= 15 is 0 Å². The highest BCUT2D eigenvalue weighted by Crippen LogP contribution is 2.24. The Labute approximate surface area is 100.0 Å². The molecule has 0 saturated heterocycles. The van der Waals surface area contributed by atoms with Gasteiger partial charge in [0.05, 0.1) is 6.54 Å². The molecule has 0 saturated carbocycles. The molecule has 0 bridgehead atoms. The average Bonchev–Trinajstić information content (AvgIpc) is 2.19. The highest BCUT2D eigenvalue weighted by molar-refractivity contribution is 7.97. The second-order valence-electron chi connectivity index (χ2n) is 3.92. The lowest BCUT2D eigenvalue weighted by molar-refractivity contribution is -0.117. The second kappa shape index (κ2) is 6.01. The maximum atomic E-state index is 12.7. The lowest BCUT2D eigenvalue weighted by atomic mass is 10.3. The maximum Gasteiger partial charge on any atom is 0.144 e. The molecule has 2 nitrogen and oxygen atoms in total. The Morgan fingerprint density at radius 1 is 1.38 bits per heavy atom. The van der Waals surface area contributed by atoms with Crippen molar-refractivity contribution in [2.24, 2.45) is 0 Å². The summed E-state index contributed by atoms with van der Waals surface area (Å²) in [5.74, 6) is -0.115. The molecule has 1 aromatic rings. The van der Waals surface area contributed by atoms with E-state index in [1.807, 2.05) is 18.2 Å². The van der Waals surface area contributed by atoms with Gasteiger partial charge in [-0.3, -0.25) is 4.79 Å². The first-order valence-electron chi connectivity index (χ1n) is 5.18. The molecular formula is C12H16FNOS. The van der Waals surface area contributed by atoms with Crippen molar-refractivity contribution < 1.29 is 9.18 Å². The number of ketones is 1. The number of Topliss-reactive ketones (excluding diaryl/α,β-unsaturated/α-hetero) is 1. The van der Waals surface area contributed by atoms with E-state index in [1.54, 1.807) is 19.1 Å². The predicted molar refractivity (Wildman–Crippen MR) is 64.8 cm³/mol. The van der Waals surface area contributed by atoms with E-state index in [-0.39, 0.29) is 17.6 Å². The van der Waals surface area contributed by atoms with E-state index in [4.69, 9.17) is 0 Å². The van der Waals surface area contributed by atoms with Gasteiger partial charge in [0, 0.05) is 10.9 Å². The Morgan fingerprint density at radius 2 is 1.94 bits per heavy atom. The van der Waals surface area contributed by atoms with Crippen LogP contribution in [0.5, 0.6) is 0 Å². The molecule has 16 heavy (non-hydrogen) atoms. The van der Waals surface area contributed by atoms with Gasteiger partial charge in [-0.25, -0.2) is 8.70 Å². The van der Waals surface area contributed by atoms with Crippen LogP contribution in [0.15, 0.2) is 29.2 Å². The van der Waals surface area contributed by atoms with Crippen LogP contribution in [-0.4, -0.2) is 22.7 Å². The molecule has 88 valence electrons. The minimum Gasteiger partial charge on any atom is -0.299 e. The van der Waals surface area contributed by atoms with Crippen molar-refractivity contribution in [3.8, 4) is 0 Å². The van der Waals surface area contributed by atoms with Crippen LogP contribution in [0.2, 0.25) is 0 Å². The minimum absolute atomic E-state index is 0.128. The van der Waals surface area contributed by atoms with Gasteiger partial charge < -0.3 is 0 Å². The lowest BCUT2D eigenvalue weighted by Crippen LogP contribution is -2.28. The number of rotatable bonds is 5. The number of nitrogens with zero attached hydrogens (tertiary/aromatic N) is 1. The van der Waals surface area contributed by atoms with Crippen LogP contribution < -0.4 is 0 Å². The molecule has 0 aliphatic heterocycles. The van der Waals surface area contributed by atoms with Gasteiger partial charge in [-0.2, -0.15) is 0 Å². The topological polar surface area (TPSA) is 20.3 Å². The van der Waals surface area contributed by atoms with Crippen molar-refractivity contribution in [1.29, 1.82) is 0 Å². The fourth-order valence-corrected chi connectivity index (χ4v) is 2.16. The summed E-state index contributed by atoms with van der Waals surface area (Å²) in [7, 11) is 0. The third kappa shape index (κ3) is 4.33. The standard InChI is InChI=1S/C12H16FNOS/c1-9(2)14(8-10(3)15)16-12-6-4-11(13)5-7-12/h4-7,9H,8H2,1-3H3. The van der Waals surface area contributed by atoms with Crippen LogP contribution in [0.3, 0.4) is 0 Å². The normalized spacial score (nSPS) is 11.1. The SMILES string of the molecule is CC(=O)CN(Sc1ccc(F)cc1)C(C)C. The molecule has 0 aliphatic rings. The van der Waals surface area contributed by atoms with E-state index in [1.165, 1.54) is 24.1 Å². The zero-order chi connectivity index (χ0) is 12.1. The summed E-state index contributed by atoms with van der Waals surface area (Å²) in [5.41, 5.74) is 0. The van der Waals surface area contributed by atoms with Crippen molar-refractivity contribution in [1.82, 2.24) is 4.31 Å². The van der Waals surface area contributed by atoms with Crippen LogP contribution in [0.4, 0.5) is 4.39 Å². The molecule has 1 aromatic carbocycles. The van der Waals surface area contributed by atoms with E-state index in [2.05, 4.69) is 0 Å². The summed E-state index contributed by atoms with van der Waals surface area (Å²) in [6.07, 6.45) is 0. The molecule has 0 radical (unpaired) electrons. The number of hydrogen-bond donors (Lipinski definition) is 0. The van der Waals surface area contributed by atoms with Gasteiger partial charge >= 0.3 is 0 Å². The second-order valence-corrected chi connectivity index (χ2v) is 5.04. The smallest absolute Gasteiger partial charge is 0.144 e. The molecule has 0 fully saturated rings. The van der Waals surface area contributed by atoms with E-state index in [9.17, 15) is 9.18 Å². The lowest BCUT2D eigenvalue weighted by Gasteiger charge is -2.23. The summed E-state index contributed by atoms with van der Waals surface area (Å²) < 4.78 is 14.7. The molecule has 0 N–H and O–H groups in total. The number of halogens is 1. The van der Waals surface area contributed by atoms with E-state index < -0.39 is 0 Å². The summed E-state index contributed by atoms with van der Waals surface area (Å²) in [6, 6.07) is 6.55. The summed E-state index contributed by atoms with van der Waals surface area (Å²) in [4.78, 5) is 12.0. The monoisotopic (exact) mass is 241 g/mol. The molecule has 0 atom stereocenters. The molecule has 0 aromatic heterocycles. The quantitative estimate of drug-likeness (QED) is 0.739. The highest BCUT2D eigenvalue weighted by atomic mass is 32.2. The van der Waals surface area contributed by atoms with Crippen LogP contribution in [0.25, 0.3) is 0 Å². The van der Waals surface area contributed by atoms with Gasteiger partial charge in [0.25, 0.3) is 0 Å². The molecule has 0 spiro atoms. The van der Waals surface area contributed by atoms with Crippen LogP contribution in [0, 0.1) is 5.82 Å². The number of hydrogen-bond acceptors (Lipinski definition) is 3. The molecule has 0 heterocycles. The van der Waals surface area contributed by atoms with Gasteiger partial charge in [0.15, 0.2) is 0 Å². The third-order valence-electron chi connectivity index (χ3n) is 1.99. The largest absolute Gasteiger partial charge is 0.299 e. The number of carbonyl (C=O) groups excluding carboxylic acids is 1. The van der Waals surface area contributed by atoms with Gasteiger partial charge in [0.2, 0.25) is 0 Å². The summed E-state index contributed by atoms with van der Waals surface area (Å²) in [6.45, 7) is 6.03. The molecule has 1 rings (SSSR count). The van der Waals surface area contributed by atoms with Crippen molar-refractivity contribution in [3.05, 3.63) is 30.1 Å². The molecule has 0 aliphatic carbocycles. The fourth-order valence-electron chi connectivity index (χ4n) is 1.17. The van der Waals surface area contributed by atoms with E-state index in [0.717, 1.165) is 4.90 Å².